The summed E-state index contributed by atoms with van der Waals surface area (Å²) in [6.45, 7) is 6.62. The number of carbonyl (C=O) groups is 1. The van der Waals surface area contributed by atoms with Gasteiger partial charge in [-0.15, -0.1) is 0 Å². The first-order valence-corrected chi connectivity index (χ1v) is 7.73. The van der Waals surface area contributed by atoms with E-state index in [1.165, 1.54) is 16.7 Å². The Labute approximate surface area is 136 Å². The molecule has 1 heterocycles. The van der Waals surface area contributed by atoms with Gasteiger partial charge in [0.25, 0.3) is 0 Å². The maximum atomic E-state index is 11.6. The third-order valence-electron chi connectivity index (χ3n) is 3.66. The van der Waals surface area contributed by atoms with E-state index < -0.39 is 0 Å². The summed E-state index contributed by atoms with van der Waals surface area (Å²) in [6, 6.07) is 6.56. The number of aliphatic hydroxyl groups is 1. The standard InChI is InChI=1S/C17H24N4O2/c1-12-4-5-13(2)16(8-12)14(3)20-15-9-19-21(10-15)11-17(23)18-6-7-22/h4-5,8-10,14,20,22H,6-7,11H2,1-3H3,(H,18,23). The Hall–Kier alpha value is -2.34. The van der Waals surface area contributed by atoms with Gasteiger partial charge in [0.2, 0.25) is 5.91 Å². The van der Waals surface area contributed by atoms with Crippen LogP contribution in [0, 0.1) is 13.8 Å². The monoisotopic (exact) mass is 316 g/mol. The molecule has 0 saturated heterocycles. The van der Waals surface area contributed by atoms with E-state index in [-0.39, 0.29) is 31.6 Å². The highest BCUT2D eigenvalue weighted by Gasteiger charge is 2.10. The molecule has 124 valence electrons. The molecule has 0 fully saturated rings. The normalized spacial score (nSPS) is 12.0. The first-order chi connectivity index (χ1) is 11.0. The number of nitrogens with zero attached hydrogens (tertiary/aromatic N) is 2. The lowest BCUT2D eigenvalue weighted by molar-refractivity contribution is -0.122. The van der Waals surface area contributed by atoms with Crippen molar-refractivity contribution < 1.29 is 9.90 Å². The van der Waals surface area contributed by atoms with Gasteiger partial charge in [0, 0.05) is 18.8 Å². The maximum Gasteiger partial charge on any atom is 0.241 e. The molecule has 2 aromatic rings. The Bertz CT molecular complexity index is 666. The van der Waals surface area contributed by atoms with Gasteiger partial charge in [0.15, 0.2) is 0 Å². The van der Waals surface area contributed by atoms with E-state index in [4.69, 9.17) is 5.11 Å². The predicted octanol–water partition coefficient (Wildman–Crippen LogP) is 1.78. The summed E-state index contributed by atoms with van der Waals surface area (Å²) in [7, 11) is 0. The van der Waals surface area contributed by atoms with Gasteiger partial charge in [-0.05, 0) is 31.9 Å². The van der Waals surface area contributed by atoms with Gasteiger partial charge in [-0.2, -0.15) is 5.10 Å². The second-order valence-electron chi connectivity index (χ2n) is 5.73. The fraction of sp³-hybridized carbons (Fsp3) is 0.412. The van der Waals surface area contributed by atoms with Crippen LogP contribution < -0.4 is 10.6 Å². The summed E-state index contributed by atoms with van der Waals surface area (Å²) in [4.78, 5) is 11.6. The van der Waals surface area contributed by atoms with Crippen LogP contribution in [0.2, 0.25) is 0 Å². The van der Waals surface area contributed by atoms with Gasteiger partial charge in [-0.1, -0.05) is 23.8 Å². The highest BCUT2D eigenvalue weighted by atomic mass is 16.3. The molecule has 0 spiro atoms. The third kappa shape index (κ3) is 4.82. The topological polar surface area (TPSA) is 79.2 Å². The molecule has 1 aromatic heterocycles. The molecular formula is C17H24N4O2. The lowest BCUT2D eigenvalue weighted by Crippen LogP contribution is -2.30. The summed E-state index contributed by atoms with van der Waals surface area (Å²) >= 11 is 0. The first-order valence-electron chi connectivity index (χ1n) is 7.73. The summed E-state index contributed by atoms with van der Waals surface area (Å²) in [5, 5.41) is 18.9. The Morgan fingerprint density at radius 2 is 2.17 bits per heavy atom. The SMILES string of the molecule is Cc1ccc(C)c(C(C)Nc2cnn(CC(=O)NCCO)c2)c1. The van der Waals surface area contributed by atoms with E-state index in [9.17, 15) is 4.79 Å². The van der Waals surface area contributed by atoms with Gasteiger partial charge >= 0.3 is 0 Å². The molecule has 3 N–H and O–H groups in total. The number of carbonyl (C=O) groups excluding carboxylic acids is 1. The molecule has 6 nitrogen and oxygen atoms in total. The first kappa shape index (κ1) is 17.0. The minimum atomic E-state index is -0.170. The molecule has 0 aliphatic carbocycles. The van der Waals surface area contributed by atoms with Crippen molar-refractivity contribution in [2.75, 3.05) is 18.5 Å². The zero-order chi connectivity index (χ0) is 16.8. The van der Waals surface area contributed by atoms with Crippen molar-refractivity contribution in [2.45, 2.75) is 33.4 Å². The molecule has 6 heteroatoms. The highest BCUT2D eigenvalue weighted by molar-refractivity contribution is 5.75. The fourth-order valence-electron chi connectivity index (χ4n) is 2.48. The quantitative estimate of drug-likeness (QED) is 0.727. The molecule has 0 aliphatic heterocycles. The van der Waals surface area contributed by atoms with Crippen molar-refractivity contribution in [2.24, 2.45) is 0 Å². The van der Waals surface area contributed by atoms with Gasteiger partial charge in [-0.25, -0.2) is 0 Å². The molecule has 1 unspecified atom stereocenters. The van der Waals surface area contributed by atoms with Crippen molar-refractivity contribution in [3.63, 3.8) is 0 Å². The molecule has 0 aliphatic rings. The van der Waals surface area contributed by atoms with Crippen LogP contribution >= 0.6 is 0 Å². The van der Waals surface area contributed by atoms with Crippen LogP contribution in [0.15, 0.2) is 30.6 Å². The molecule has 1 atom stereocenters. The number of aromatic nitrogens is 2. The van der Waals surface area contributed by atoms with Gasteiger partial charge in [-0.3, -0.25) is 9.48 Å². The van der Waals surface area contributed by atoms with E-state index in [1.807, 2.05) is 0 Å². The number of amides is 1. The average Bonchev–Trinajstić information content (AvgIpc) is 2.94. The van der Waals surface area contributed by atoms with Crippen LogP contribution in [0.1, 0.15) is 29.7 Å². The number of hydrogen-bond acceptors (Lipinski definition) is 4. The van der Waals surface area contributed by atoms with E-state index >= 15 is 0 Å². The van der Waals surface area contributed by atoms with Gasteiger partial charge in [0.05, 0.1) is 18.5 Å². The van der Waals surface area contributed by atoms with Crippen LogP contribution in [0.25, 0.3) is 0 Å². The number of aryl methyl sites for hydroxylation is 2. The van der Waals surface area contributed by atoms with E-state index in [2.05, 4.69) is 54.7 Å². The minimum Gasteiger partial charge on any atom is -0.395 e. The Kier molecular flexibility index (Phi) is 5.76. The number of benzene rings is 1. The number of anilines is 1. The number of nitrogens with one attached hydrogen (secondary N) is 2. The van der Waals surface area contributed by atoms with Crippen LogP contribution in [-0.2, 0) is 11.3 Å². The number of hydrogen-bond donors (Lipinski definition) is 3. The summed E-state index contributed by atoms with van der Waals surface area (Å²) in [5.74, 6) is -0.170. The molecule has 1 aromatic carbocycles. The second kappa shape index (κ2) is 7.78. The number of rotatable bonds is 7. The van der Waals surface area contributed by atoms with Crippen LogP contribution in [0.5, 0.6) is 0 Å². The van der Waals surface area contributed by atoms with Crippen molar-refractivity contribution in [1.29, 1.82) is 0 Å². The highest BCUT2D eigenvalue weighted by Crippen LogP contribution is 2.22. The third-order valence-corrected chi connectivity index (χ3v) is 3.66. The maximum absolute atomic E-state index is 11.6. The summed E-state index contributed by atoms with van der Waals surface area (Å²) in [6.07, 6.45) is 3.51. The van der Waals surface area contributed by atoms with Crippen molar-refractivity contribution in [3.05, 3.63) is 47.3 Å². The Morgan fingerprint density at radius 3 is 2.91 bits per heavy atom. The van der Waals surface area contributed by atoms with Crippen LogP contribution in [0.4, 0.5) is 5.69 Å². The lowest BCUT2D eigenvalue weighted by atomic mass is 10.00. The van der Waals surface area contributed by atoms with Crippen LogP contribution in [0.3, 0.4) is 0 Å². The van der Waals surface area contributed by atoms with E-state index in [0.29, 0.717) is 0 Å². The molecule has 23 heavy (non-hydrogen) atoms. The molecule has 1 amide bonds. The summed E-state index contributed by atoms with van der Waals surface area (Å²) in [5.41, 5.74) is 4.59. The van der Waals surface area contributed by atoms with Crippen molar-refractivity contribution in [3.8, 4) is 0 Å². The molecule has 0 bridgehead atoms. The predicted molar refractivity (Wildman–Crippen MR) is 90.3 cm³/mol. The van der Waals surface area contributed by atoms with E-state index in [1.54, 1.807) is 17.1 Å². The summed E-state index contributed by atoms with van der Waals surface area (Å²) < 4.78 is 1.57. The van der Waals surface area contributed by atoms with Crippen molar-refractivity contribution in [1.82, 2.24) is 15.1 Å². The Balaban J connectivity index is 1.98. The second-order valence-corrected chi connectivity index (χ2v) is 5.73. The van der Waals surface area contributed by atoms with Gasteiger partial charge < -0.3 is 15.7 Å². The molecule has 0 radical (unpaired) electrons. The number of aliphatic hydroxyl groups excluding tert-OH is 1. The van der Waals surface area contributed by atoms with Crippen molar-refractivity contribution >= 4 is 11.6 Å². The Morgan fingerprint density at radius 1 is 1.39 bits per heavy atom. The molecule has 0 saturated carbocycles. The zero-order valence-corrected chi connectivity index (χ0v) is 13.8. The lowest BCUT2D eigenvalue weighted by Gasteiger charge is -2.17. The largest absolute Gasteiger partial charge is 0.395 e. The molecule has 2 rings (SSSR count). The average molecular weight is 316 g/mol. The fourth-order valence-corrected chi connectivity index (χ4v) is 2.48. The zero-order valence-electron chi connectivity index (χ0n) is 13.8. The van der Waals surface area contributed by atoms with Gasteiger partial charge in [0.1, 0.15) is 6.54 Å². The molecular weight excluding hydrogens is 292 g/mol. The van der Waals surface area contributed by atoms with Crippen LogP contribution in [-0.4, -0.2) is 33.9 Å². The minimum absolute atomic E-state index is 0.0645. The smallest absolute Gasteiger partial charge is 0.241 e. The van der Waals surface area contributed by atoms with E-state index in [0.717, 1.165) is 5.69 Å².